The molecule has 0 radical (unpaired) electrons. The summed E-state index contributed by atoms with van der Waals surface area (Å²) in [4.78, 5) is 37.5. The van der Waals surface area contributed by atoms with Crippen molar-refractivity contribution in [2.45, 2.75) is 25.4 Å². The number of carbonyl (C=O) groups is 2. The highest BCUT2D eigenvalue weighted by Gasteiger charge is 2.27. The molecule has 31 heavy (non-hydrogen) atoms. The first-order valence-corrected chi connectivity index (χ1v) is 9.87. The number of hydrogen-bond acceptors (Lipinski definition) is 4. The second-order valence-corrected chi connectivity index (χ2v) is 7.51. The summed E-state index contributed by atoms with van der Waals surface area (Å²) in [6.07, 6.45) is 0.0880. The first kappa shape index (κ1) is 20.6. The van der Waals surface area contributed by atoms with Gasteiger partial charge in [0.15, 0.2) is 0 Å². The third-order valence-corrected chi connectivity index (χ3v) is 5.74. The average molecular weight is 427 g/mol. The first-order valence-electron chi connectivity index (χ1n) is 9.87. The number of carboxylic acid groups (broad SMARTS) is 1. The molecule has 2 heterocycles. The van der Waals surface area contributed by atoms with Crippen LogP contribution in [-0.4, -0.2) is 44.2 Å². The van der Waals surface area contributed by atoms with Gasteiger partial charge in [-0.3, -0.25) is 19.4 Å². The van der Waals surface area contributed by atoms with E-state index in [1.54, 1.807) is 16.7 Å². The Labute approximate surface area is 176 Å². The number of benzene rings is 2. The van der Waals surface area contributed by atoms with Crippen LogP contribution in [0, 0.1) is 5.82 Å². The molecule has 4 rings (SSSR count). The van der Waals surface area contributed by atoms with Crippen LogP contribution in [0.4, 0.5) is 9.18 Å². The number of nitrogen functional groups attached to an aromatic ring is 1. The highest BCUT2D eigenvalue weighted by molar-refractivity contribution is 5.93. The monoisotopic (exact) mass is 427 g/mol. The number of nitrogens with zero attached hydrogens (tertiary/aromatic N) is 3. The van der Waals surface area contributed by atoms with Gasteiger partial charge < -0.3 is 10.0 Å². The Morgan fingerprint density at radius 2 is 1.81 bits per heavy atom. The van der Waals surface area contributed by atoms with Gasteiger partial charge in [-0.25, -0.2) is 19.8 Å². The second kappa shape index (κ2) is 8.23. The van der Waals surface area contributed by atoms with Crippen LogP contribution in [0.2, 0.25) is 0 Å². The SMILES string of the molecule is NNC(=O)c1ccc(Cn2c(=O)n(C3CCN(C(=O)O)CC3)c3ccccc32)c(F)c1. The number of nitrogens with one attached hydrogen (secondary N) is 1. The number of piperidine rings is 1. The van der Waals surface area contributed by atoms with Crippen molar-refractivity contribution in [3.63, 3.8) is 0 Å². The van der Waals surface area contributed by atoms with E-state index in [2.05, 4.69) is 0 Å². The topological polar surface area (TPSA) is 123 Å². The summed E-state index contributed by atoms with van der Waals surface area (Å²) in [5.41, 5.74) is 3.41. The number of hydrazine groups is 1. The highest BCUT2D eigenvalue weighted by Crippen LogP contribution is 2.26. The summed E-state index contributed by atoms with van der Waals surface area (Å²) in [5.74, 6) is 3.87. The Hall–Kier alpha value is -3.66. The highest BCUT2D eigenvalue weighted by atomic mass is 19.1. The van der Waals surface area contributed by atoms with E-state index < -0.39 is 17.8 Å². The molecule has 0 atom stereocenters. The molecule has 162 valence electrons. The van der Waals surface area contributed by atoms with Gasteiger partial charge in [-0.1, -0.05) is 18.2 Å². The third kappa shape index (κ3) is 3.77. The van der Waals surface area contributed by atoms with Gasteiger partial charge in [0.2, 0.25) is 0 Å². The number of imidazole rings is 1. The Morgan fingerprint density at radius 1 is 1.13 bits per heavy atom. The lowest BCUT2D eigenvalue weighted by atomic mass is 10.1. The molecule has 3 aromatic rings. The molecule has 1 saturated heterocycles. The van der Waals surface area contributed by atoms with Crippen LogP contribution >= 0.6 is 0 Å². The zero-order valence-corrected chi connectivity index (χ0v) is 16.6. The van der Waals surface area contributed by atoms with Crippen LogP contribution in [0.15, 0.2) is 47.3 Å². The molecular formula is C21H22FN5O4. The van der Waals surface area contributed by atoms with E-state index in [0.717, 1.165) is 11.6 Å². The van der Waals surface area contributed by atoms with Crippen molar-refractivity contribution in [3.8, 4) is 0 Å². The summed E-state index contributed by atoms with van der Waals surface area (Å²) in [7, 11) is 0. The number of amides is 2. The molecule has 9 nitrogen and oxygen atoms in total. The maximum atomic E-state index is 14.6. The number of halogens is 1. The third-order valence-electron chi connectivity index (χ3n) is 5.74. The molecule has 1 fully saturated rings. The lowest BCUT2D eigenvalue weighted by Crippen LogP contribution is -2.40. The van der Waals surface area contributed by atoms with Gasteiger partial charge in [-0.2, -0.15) is 0 Å². The van der Waals surface area contributed by atoms with Gasteiger partial charge in [0.25, 0.3) is 5.91 Å². The molecule has 0 bridgehead atoms. The number of hydrogen-bond donors (Lipinski definition) is 3. The Balaban J connectivity index is 1.70. The Bertz CT molecular complexity index is 1210. The summed E-state index contributed by atoms with van der Waals surface area (Å²) < 4.78 is 17.8. The maximum absolute atomic E-state index is 14.6. The minimum Gasteiger partial charge on any atom is -0.465 e. The number of aromatic nitrogens is 2. The number of carbonyl (C=O) groups excluding carboxylic acids is 1. The first-order chi connectivity index (χ1) is 14.9. The lowest BCUT2D eigenvalue weighted by molar-refractivity contribution is 0.0953. The number of fused-ring (bicyclic) bond motifs is 1. The van der Waals surface area contributed by atoms with Gasteiger partial charge in [0.05, 0.1) is 17.6 Å². The average Bonchev–Trinajstić information content (AvgIpc) is 3.06. The van der Waals surface area contributed by atoms with Gasteiger partial charge in [0, 0.05) is 30.3 Å². The van der Waals surface area contributed by atoms with Crippen molar-refractivity contribution in [1.82, 2.24) is 19.5 Å². The van der Waals surface area contributed by atoms with Crippen LogP contribution in [0.5, 0.6) is 0 Å². The smallest absolute Gasteiger partial charge is 0.407 e. The fourth-order valence-corrected chi connectivity index (χ4v) is 4.12. The molecule has 4 N–H and O–H groups in total. The van der Waals surface area contributed by atoms with Crippen LogP contribution in [-0.2, 0) is 6.54 Å². The largest absolute Gasteiger partial charge is 0.465 e. The standard InChI is InChI=1S/C21H22FN5O4/c22-16-11-13(19(28)24-23)5-6-14(16)12-26-17-3-1-2-4-18(17)27(20(26)29)15-7-9-25(10-8-15)21(30)31/h1-6,11,15H,7-10,12,23H2,(H,24,28)(H,30,31). The molecule has 0 unspecified atom stereocenters. The number of likely N-dealkylation sites (tertiary alicyclic amines) is 1. The fourth-order valence-electron chi connectivity index (χ4n) is 4.12. The van der Waals surface area contributed by atoms with E-state index in [9.17, 15) is 23.9 Å². The molecule has 2 aromatic carbocycles. The normalized spacial score (nSPS) is 14.7. The summed E-state index contributed by atoms with van der Waals surface area (Å²) >= 11 is 0. The molecule has 1 aliphatic rings. The van der Waals surface area contributed by atoms with Crippen molar-refractivity contribution in [2.24, 2.45) is 5.84 Å². The van der Waals surface area contributed by atoms with Gasteiger partial charge in [-0.15, -0.1) is 0 Å². The van der Waals surface area contributed by atoms with Crippen molar-refractivity contribution in [3.05, 3.63) is 69.9 Å². The van der Waals surface area contributed by atoms with Gasteiger partial charge >= 0.3 is 11.8 Å². The van der Waals surface area contributed by atoms with Crippen molar-refractivity contribution in [2.75, 3.05) is 13.1 Å². The minimum atomic E-state index is -0.963. The van der Waals surface area contributed by atoms with E-state index in [1.165, 1.54) is 21.6 Å². The Kier molecular flexibility index (Phi) is 5.47. The summed E-state index contributed by atoms with van der Waals surface area (Å²) in [5, 5.41) is 9.17. The molecule has 10 heteroatoms. The molecule has 1 aliphatic heterocycles. The predicted octanol–water partition coefficient (Wildman–Crippen LogP) is 1.91. The maximum Gasteiger partial charge on any atom is 0.407 e. The fraction of sp³-hybridized carbons (Fsp3) is 0.286. The molecule has 2 amide bonds. The quantitative estimate of drug-likeness (QED) is 0.334. The number of rotatable bonds is 4. The second-order valence-electron chi connectivity index (χ2n) is 7.51. The summed E-state index contributed by atoms with van der Waals surface area (Å²) in [6, 6.07) is 11.1. The van der Waals surface area contributed by atoms with Crippen molar-refractivity contribution in [1.29, 1.82) is 0 Å². The summed E-state index contributed by atoms with van der Waals surface area (Å²) in [6.45, 7) is 0.702. The predicted molar refractivity (Wildman–Crippen MR) is 111 cm³/mol. The number of nitrogens with two attached hydrogens (primary N) is 1. The van der Waals surface area contributed by atoms with Crippen LogP contribution < -0.4 is 17.0 Å². The van der Waals surface area contributed by atoms with Gasteiger partial charge in [0.1, 0.15) is 5.82 Å². The van der Waals surface area contributed by atoms with Crippen molar-refractivity contribution < 1.29 is 19.1 Å². The Morgan fingerprint density at radius 3 is 2.42 bits per heavy atom. The van der Waals surface area contributed by atoms with Crippen LogP contribution in [0.3, 0.4) is 0 Å². The molecular weight excluding hydrogens is 405 g/mol. The van der Waals surface area contributed by atoms with E-state index >= 15 is 0 Å². The van der Waals surface area contributed by atoms with Crippen LogP contribution in [0.25, 0.3) is 11.0 Å². The van der Waals surface area contributed by atoms with E-state index in [-0.39, 0.29) is 29.4 Å². The van der Waals surface area contributed by atoms with Gasteiger partial charge in [-0.05, 0) is 37.1 Å². The lowest BCUT2D eigenvalue weighted by Gasteiger charge is -2.30. The van der Waals surface area contributed by atoms with E-state index in [0.29, 0.717) is 31.4 Å². The zero-order chi connectivity index (χ0) is 22.1. The van der Waals surface area contributed by atoms with E-state index in [1.807, 2.05) is 17.6 Å². The molecule has 0 saturated carbocycles. The minimum absolute atomic E-state index is 0.00330. The zero-order valence-electron chi connectivity index (χ0n) is 16.6. The molecule has 0 spiro atoms. The van der Waals surface area contributed by atoms with E-state index in [4.69, 9.17) is 5.84 Å². The van der Waals surface area contributed by atoms with Crippen molar-refractivity contribution >= 4 is 23.0 Å². The van der Waals surface area contributed by atoms with Crippen LogP contribution in [0.1, 0.15) is 34.8 Å². The molecule has 1 aromatic heterocycles. The molecule has 0 aliphatic carbocycles. The number of para-hydroxylation sites is 2.